The number of rotatable bonds is 4. The van der Waals surface area contributed by atoms with Crippen LogP contribution in [-0.2, 0) is 4.79 Å². The molecule has 0 aromatic rings. The molecule has 4 aliphatic carbocycles. The van der Waals surface area contributed by atoms with Gasteiger partial charge in [0.15, 0.2) is 0 Å². The number of aliphatic hydroxyl groups excluding tert-OH is 2. The molecule has 160 valence electrons. The van der Waals surface area contributed by atoms with E-state index in [1.165, 1.54) is 25.7 Å². The van der Waals surface area contributed by atoms with Gasteiger partial charge in [0.2, 0.25) is 0 Å². The lowest BCUT2D eigenvalue weighted by Crippen LogP contribution is -2.58. The highest BCUT2D eigenvalue weighted by Gasteiger charge is 2.62. The molecular formula is C24H40O4. The van der Waals surface area contributed by atoms with Gasteiger partial charge in [-0.15, -0.1) is 0 Å². The molecule has 4 heteroatoms. The number of aliphatic hydroxyl groups is 2. The Bertz CT molecular complexity index is 605. The second-order valence-corrected chi connectivity index (χ2v) is 11.4. The molecular weight excluding hydrogens is 352 g/mol. The minimum atomic E-state index is -0.684. The van der Waals surface area contributed by atoms with E-state index >= 15 is 0 Å². The lowest BCUT2D eigenvalue weighted by Gasteiger charge is -2.62. The molecule has 0 saturated heterocycles. The van der Waals surface area contributed by atoms with Gasteiger partial charge in [-0.05, 0) is 104 Å². The van der Waals surface area contributed by atoms with Crippen molar-refractivity contribution in [2.24, 2.45) is 46.3 Å². The number of aliphatic carboxylic acids is 1. The van der Waals surface area contributed by atoms with Crippen molar-refractivity contribution in [2.45, 2.75) is 97.2 Å². The molecule has 0 aromatic carbocycles. The number of hydrogen-bond acceptors (Lipinski definition) is 3. The van der Waals surface area contributed by atoms with Crippen LogP contribution in [0, 0.1) is 46.3 Å². The Morgan fingerprint density at radius 1 is 1.00 bits per heavy atom. The maximum atomic E-state index is 11.2. The van der Waals surface area contributed by atoms with Crippen molar-refractivity contribution in [1.29, 1.82) is 0 Å². The Morgan fingerprint density at radius 2 is 1.68 bits per heavy atom. The van der Waals surface area contributed by atoms with Crippen LogP contribution in [0.1, 0.15) is 85.0 Å². The number of carboxylic acid groups (broad SMARTS) is 1. The first-order chi connectivity index (χ1) is 13.2. The average Bonchev–Trinajstić information content (AvgIpc) is 2.98. The molecule has 4 nitrogen and oxygen atoms in total. The molecule has 0 radical (unpaired) electrons. The third-order valence-corrected chi connectivity index (χ3v) is 10.2. The van der Waals surface area contributed by atoms with Crippen LogP contribution in [0.15, 0.2) is 0 Å². The first-order valence-corrected chi connectivity index (χ1v) is 11.7. The number of carboxylic acids is 1. The molecule has 0 spiro atoms. The standard InChI is InChI=1S/C24H40O4/c1-14(4-7-21(27)28)17-5-6-18-22-19(9-11-24(17,18)3)23(2)10-8-16(25)12-15(23)13-20(22)26/h14-20,22,25-26H,4-13H2,1-3H3,(H,27,28)/t14?,15-,16+,17+,18?,19?,20?,22?,23-,24+/m0/s1. The Balaban J connectivity index is 1.55. The van der Waals surface area contributed by atoms with E-state index in [0.717, 1.165) is 32.1 Å². The second kappa shape index (κ2) is 7.27. The van der Waals surface area contributed by atoms with Crippen molar-refractivity contribution >= 4 is 5.97 Å². The summed E-state index contributed by atoms with van der Waals surface area (Å²) < 4.78 is 0. The highest BCUT2D eigenvalue weighted by molar-refractivity contribution is 5.66. The monoisotopic (exact) mass is 392 g/mol. The minimum Gasteiger partial charge on any atom is -0.481 e. The summed E-state index contributed by atoms with van der Waals surface area (Å²) in [6.45, 7) is 7.16. The zero-order valence-corrected chi connectivity index (χ0v) is 17.9. The van der Waals surface area contributed by atoms with E-state index in [0.29, 0.717) is 35.5 Å². The Labute approximate surface area is 170 Å². The van der Waals surface area contributed by atoms with Gasteiger partial charge in [-0.25, -0.2) is 0 Å². The topological polar surface area (TPSA) is 77.8 Å². The van der Waals surface area contributed by atoms with Crippen LogP contribution in [0.3, 0.4) is 0 Å². The molecule has 10 atom stereocenters. The van der Waals surface area contributed by atoms with Gasteiger partial charge in [-0.3, -0.25) is 4.79 Å². The van der Waals surface area contributed by atoms with Crippen molar-refractivity contribution in [3.8, 4) is 0 Å². The Hall–Kier alpha value is -0.610. The molecule has 0 amide bonds. The van der Waals surface area contributed by atoms with E-state index < -0.39 is 5.97 Å². The fraction of sp³-hybridized carbons (Fsp3) is 0.958. The van der Waals surface area contributed by atoms with E-state index in [2.05, 4.69) is 20.8 Å². The van der Waals surface area contributed by atoms with Crippen LogP contribution in [-0.4, -0.2) is 33.5 Å². The molecule has 4 aliphatic rings. The summed E-state index contributed by atoms with van der Waals surface area (Å²) in [5.41, 5.74) is 0.523. The van der Waals surface area contributed by atoms with Gasteiger partial charge in [-0.2, -0.15) is 0 Å². The van der Waals surface area contributed by atoms with Crippen LogP contribution in [0.5, 0.6) is 0 Å². The zero-order chi connectivity index (χ0) is 20.3. The Kier molecular flexibility index (Phi) is 5.36. The van der Waals surface area contributed by atoms with Crippen molar-refractivity contribution in [3.63, 3.8) is 0 Å². The molecule has 0 bridgehead atoms. The van der Waals surface area contributed by atoms with Gasteiger partial charge in [0.05, 0.1) is 12.2 Å². The SMILES string of the molecule is CC(CCC(=O)O)[C@H]1CCC2C3C(O)C[C@@H]4C[C@H](O)CC[C@]4(C)C3CC[C@@]21C. The normalized spacial score (nSPS) is 51.7. The molecule has 4 rings (SSSR count). The maximum absolute atomic E-state index is 11.2. The molecule has 5 unspecified atom stereocenters. The quantitative estimate of drug-likeness (QED) is 0.659. The van der Waals surface area contributed by atoms with Gasteiger partial charge in [0.25, 0.3) is 0 Å². The molecule has 3 N–H and O–H groups in total. The van der Waals surface area contributed by atoms with Crippen molar-refractivity contribution in [1.82, 2.24) is 0 Å². The minimum absolute atomic E-state index is 0.179. The molecule has 4 saturated carbocycles. The van der Waals surface area contributed by atoms with E-state index in [1.54, 1.807) is 0 Å². The largest absolute Gasteiger partial charge is 0.481 e. The fourth-order valence-electron chi connectivity index (χ4n) is 8.73. The maximum Gasteiger partial charge on any atom is 0.303 e. The zero-order valence-electron chi connectivity index (χ0n) is 17.9. The summed E-state index contributed by atoms with van der Waals surface area (Å²) in [5, 5.41) is 30.5. The third kappa shape index (κ3) is 3.14. The van der Waals surface area contributed by atoms with Gasteiger partial charge >= 0.3 is 5.97 Å². The highest BCUT2D eigenvalue weighted by Crippen LogP contribution is 2.68. The van der Waals surface area contributed by atoms with Crippen LogP contribution in [0.25, 0.3) is 0 Å². The van der Waals surface area contributed by atoms with Crippen LogP contribution < -0.4 is 0 Å². The van der Waals surface area contributed by atoms with Crippen molar-refractivity contribution in [3.05, 3.63) is 0 Å². The van der Waals surface area contributed by atoms with E-state index in [-0.39, 0.29) is 29.5 Å². The summed E-state index contributed by atoms with van der Waals surface area (Å²) in [6, 6.07) is 0. The lowest BCUT2D eigenvalue weighted by molar-refractivity contribution is -0.174. The van der Waals surface area contributed by atoms with Crippen LogP contribution in [0.2, 0.25) is 0 Å². The lowest BCUT2D eigenvalue weighted by atomic mass is 9.43. The van der Waals surface area contributed by atoms with Gasteiger partial charge < -0.3 is 15.3 Å². The molecule has 0 aliphatic heterocycles. The molecule has 4 fully saturated rings. The van der Waals surface area contributed by atoms with E-state index in [1.807, 2.05) is 0 Å². The fourth-order valence-corrected chi connectivity index (χ4v) is 8.73. The Morgan fingerprint density at radius 3 is 2.39 bits per heavy atom. The molecule has 28 heavy (non-hydrogen) atoms. The predicted octanol–water partition coefficient (Wildman–Crippen LogP) is 4.48. The summed E-state index contributed by atoms with van der Waals surface area (Å²) in [7, 11) is 0. The average molecular weight is 393 g/mol. The van der Waals surface area contributed by atoms with Gasteiger partial charge in [0, 0.05) is 6.42 Å². The summed E-state index contributed by atoms with van der Waals surface area (Å²) in [6.07, 6.45) is 9.19. The van der Waals surface area contributed by atoms with Gasteiger partial charge in [0.1, 0.15) is 0 Å². The summed E-state index contributed by atoms with van der Waals surface area (Å²) in [5.74, 6) is 2.36. The van der Waals surface area contributed by atoms with Crippen LogP contribution in [0.4, 0.5) is 0 Å². The number of hydrogen-bond donors (Lipinski definition) is 3. The predicted molar refractivity (Wildman–Crippen MR) is 109 cm³/mol. The first-order valence-electron chi connectivity index (χ1n) is 11.7. The first kappa shape index (κ1) is 20.7. The highest BCUT2D eigenvalue weighted by atomic mass is 16.4. The van der Waals surface area contributed by atoms with Gasteiger partial charge in [-0.1, -0.05) is 20.8 Å². The third-order valence-electron chi connectivity index (χ3n) is 10.2. The number of fused-ring (bicyclic) bond motifs is 5. The van der Waals surface area contributed by atoms with Crippen molar-refractivity contribution < 1.29 is 20.1 Å². The summed E-state index contributed by atoms with van der Waals surface area (Å²) >= 11 is 0. The smallest absolute Gasteiger partial charge is 0.303 e. The summed E-state index contributed by atoms with van der Waals surface area (Å²) in [4.78, 5) is 11.1. The molecule has 0 aromatic heterocycles. The second-order valence-electron chi connectivity index (χ2n) is 11.4. The number of carbonyl (C=O) groups is 1. The van der Waals surface area contributed by atoms with E-state index in [9.17, 15) is 15.0 Å². The van der Waals surface area contributed by atoms with Crippen LogP contribution >= 0.6 is 0 Å². The van der Waals surface area contributed by atoms with E-state index in [4.69, 9.17) is 5.11 Å². The van der Waals surface area contributed by atoms with Crippen molar-refractivity contribution in [2.75, 3.05) is 0 Å². The molecule has 0 heterocycles.